The summed E-state index contributed by atoms with van der Waals surface area (Å²) < 4.78 is 0. The Bertz CT molecular complexity index is 159. The predicted octanol–water partition coefficient (Wildman–Crippen LogP) is 2.07. The molecule has 1 N–H and O–H groups in total. The highest BCUT2D eigenvalue weighted by Crippen LogP contribution is 2.06. The first-order chi connectivity index (χ1) is 5.52. The van der Waals surface area contributed by atoms with E-state index in [1.165, 1.54) is 0 Å². The van der Waals surface area contributed by atoms with Crippen molar-refractivity contribution in [1.82, 2.24) is 0 Å². The van der Waals surface area contributed by atoms with E-state index in [1.54, 1.807) is 6.92 Å². The van der Waals surface area contributed by atoms with Crippen molar-refractivity contribution >= 4 is 5.78 Å². The van der Waals surface area contributed by atoms with Crippen molar-refractivity contribution in [2.75, 3.05) is 0 Å². The summed E-state index contributed by atoms with van der Waals surface area (Å²) in [7, 11) is 0. The maximum Gasteiger partial charge on any atom is 0.135 e. The number of Topliss-reactive ketones (excluding diaryl/α,β-unsaturated/α-hetero) is 1. The van der Waals surface area contributed by atoms with Gasteiger partial charge in [-0.05, 0) is 26.7 Å². The van der Waals surface area contributed by atoms with Crippen LogP contribution in [0.3, 0.4) is 0 Å². The number of hydrogen-bond donors (Lipinski definition) is 1. The van der Waals surface area contributed by atoms with Crippen LogP contribution in [0.1, 0.15) is 39.5 Å². The highest BCUT2D eigenvalue weighted by atomic mass is 16.3. The van der Waals surface area contributed by atoms with Crippen LogP contribution < -0.4 is 0 Å². The third kappa shape index (κ3) is 7.48. The standard InChI is InChI=1S/C10H18O2/c1-8(2)5-4-6-10(12)7-9(3)11/h9,11H,1,4-7H2,2-3H3/t9-/m1/s1. The van der Waals surface area contributed by atoms with E-state index in [2.05, 4.69) is 6.58 Å². The average Bonchev–Trinajstić information content (AvgIpc) is 1.84. The molecule has 12 heavy (non-hydrogen) atoms. The summed E-state index contributed by atoms with van der Waals surface area (Å²) in [5.74, 6) is 0.145. The zero-order chi connectivity index (χ0) is 9.56. The molecule has 0 fully saturated rings. The second-order valence-electron chi connectivity index (χ2n) is 3.40. The zero-order valence-corrected chi connectivity index (χ0v) is 7.97. The predicted molar refractivity (Wildman–Crippen MR) is 50.0 cm³/mol. The minimum Gasteiger partial charge on any atom is -0.393 e. The van der Waals surface area contributed by atoms with Crippen LogP contribution in [0.2, 0.25) is 0 Å². The number of carbonyl (C=O) groups is 1. The van der Waals surface area contributed by atoms with Gasteiger partial charge in [0.1, 0.15) is 5.78 Å². The summed E-state index contributed by atoms with van der Waals surface area (Å²) in [6.45, 7) is 7.35. The lowest BCUT2D eigenvalue weighted by Gasteiger charge is -2.02. The Morgan fingerprint density at radius 1 is 1.50 bits per heavy atom. The van der Waals surface area contributed by atoms with E-state index in [9.17, 15) is 4.79 Å². The molecule has 2 heteroatoms. The highest BCUT2D eigenvalue weighted by Gasteiger charge is 2.05. The molecule has 0 rings (SSSR count). The first kappa shape index (κ1) is 11.4. The lowest BCUT2D eigenvalue weighted by molar-refractivity contribution is -0.120. The van der Waals surface area contributed by atoms with Crippen LogP contribution in [0.5, 0.6) is 0 Å². The zero-order valence-electron chi connectivity index (χ0n) is 7.97. The number of aliphatic hydroxyl groups is 1. The molecule has 0 unspecified atom stereocenters. The second-order valence-corrected chi connectivity index (χ2v) is 3.40. The normalized spacial score (nSPS) is 12.6. The van der Waals surface area contributed by atoms with E-state index in [4.69, 9.17) is 5.11 Å². The monoisotopic (exact) mass is 170 g/mol. The topological polar surface area (TPSA) is 37.3 Å². The van der Waals surface area contributed by atoms with Gasteiger partial charge >= 0.3 is 0 Å². The van der Waals surface area contributed by atoms with Crippen LogP contribution in [0.25, 0.3) is 0 Å². The smallest absolute Gasteiger partial charge is 0.135 e. The number of aliphatic hydroxyl groups excluding tert-OH is 1. The Labute approximate surface area is 74.3 Å². The summed E-state index contributed by atoms with van der Waals surface area (Å²) in [5.41, 5.74) is 1.11. The van der Waals surface area contributed by atoms with Gasteiger partial charge in [0.15, 0.2) is 0 Å². The lowest BCUT2D eigenvalue weighted by atomic mass is 10.1. The van der Waals surface area contributed by atoms with Gasteiger partial charge in [0.25, 0.3) is 0 Å². The third-order valence-corrected chi connectivity index (χ3v) is 1.58. The second kappa shape index (κ2) is 5.95. The minimum atomic E-state index is -0.498. The molecule has 0 amide bonds. The van der Waals surface area contributed by atoms with Gasteiger partial charge in [-0.25, -0.2) is 0 Å². The SMILES string of the molecule is C=C(C)CCCC(=O)C[C@@H](C)O. The van der Waals surface area contributed by atoms with Crippen LogP contribution in [-0.4, -0.2) is 17.0 Å². The van der Waals surface area contributed by atoms with Gasteiger partial charge < -0.3 is 5.11 Å². The van der Waals surface area contributed by atoms with Crippen LogP contribution >= 0.6 is 0 Å². The molecule has 0 radical (unpaired) electrons. The Morgan fingerprint density at radius 2 is 2.08 bits per heavy atom. The van der Waals surface area contributed by atoms with E-state index in [1.807, 2.05) is 6.92 Å². The maximum absolute atomic E-state index is 11.0. The van der Waals surface area contributed by atoms with Crippen LogP contribution in [-0.2, 0) is 4.79 Å². The van der Waals surface area contributed by atoms with E-state index in [0.29, 0.717) is 6.42 Å². The summed E-state index contributed by atoms with van der Waals surface area (Å²) in [6.07, 6.45) is 2.13. The third-order valence-electron chi connectivity index (χ3n) is 1.58. The van der Waals surface area contributed by atoms with E-state index in [-0.39, 0.29) is 12.2 Å². The van der Waals surface area contributed by atoms with Crippen molar-refractivity contribution in [3.63, 3.8) is 0 Å². The van der Waals surface area contributed by atoms with Crippen molar-refractivity contribution in [3.05, 3.63) is 12.2 Å². The van der Waals surface area contributed by atoms with Gasteiger partial charge in [0.2, 0.25) is 0 Å². The molecule has 0 aromatic heterocycles. The molecule has 0 aliphatic carbocycles. The molecular formula is C10H18O2. The molecule has 0 aromatic rings. The van der Waals surface area contributed by atoms with Gasteiger partial charge in [0, 0.05) is 12.8 Å². The highest BCUT2D eigenvalue weighted by molar-refractivity contribution is 5.78. The Morgan fingerprint density at radius 3 is 2.50 bits per heavy atom. The van der Waals surface area contributed by atoms with Gasteiger partial charge in [-0.3, -0.25) is 4.79 Å². The lowest BCUT2D eigenvalue weighted by Crippen LogP contribution is -2.08. The largest absolute Gasteiger partial charge is 0.393 e. The fraction of sp³-hybridized carbons (Fsp3) is 0.700. The average molecular weight is 170 g/mol. The summed E-state index contributed by atoms with van der Waals surface area (Å²) >= 11 is 0. The molecule has 0 aliphatic heterocycles. The molecule has 2 nitrogen and oxygen atoms in total. The summed E-state index contributed by atoms with van der Waals surface area (Å²) in [5, 5.41) is 8.89. The van der Waals surface area contributed by atoms with Crippen molar-refractivity contribution < 1.29 is 9.90 Å². The molecular weight excluding hydrogens is 152 g/mol. The summed E-state index contributed by atoms with van der Waals surface area (Å²) in [4.78, 5) is 11.0. The molecule has 0 saturated carbocycles. The van der Waals surface area contributed by atoms with Crippen molar-refractivity contribution in [1.29, 1.82) is 0 Å². The minimum absolute atomic E-state index is 0.145. The number of rotatable bonds is 6. The summed E-state index contributed by atoms with van der Waals surface area (Å²) in [6, 6.07) is 0. The van der Waals surface area contributed by atoms with Crippen molar-refractivity contribution in [2.24, 2.45) is 0 Å². The maximum atomic E-state index is 11.0. The quantitative estimate of drug-likeness (QED) is 0.620. The Kier molecular flexibility index (Phi) is 5.64. The van der Waals surface area contributed by atoms with Gasteiger partial charge in [-0.1, -0.05) is 5.57 Å². The van der Waals surface area contributed by atoms with Crippen LogP contribution in [0, 0.1) is 0 Å². The fourth-order valence-corrected chi connectivity index (χ4v) is 1.02. The molecule has 1 atom stereocenters. The van der Waals surface area contributed by atoms with Crippen LogP contribution in [0.4, 0.5) is 0 Å². The van der Waals surface area contributed by atoms with Crippen molar-refractivity contribution in [3.8, 4) is 0 Å². The Hall–Kier alpha value is -0.630. The number of ketones is 1. The van der Waals surface area contributed by atoms with Gasteiger partial charge in [-0.2, -0.15) is 0 Å². The van der Waals surface area contributed by atoms with E-state index in [0.717, 1.165) is 18.4 Å². The molecule has 0 aliphatic rings. The molecule has 0 heterocycles. The first-order valence-corrected chi connectivity index (χ1v) is 4.36. The molecule has 0 saturated heterocycles. The van der Waals surface area contributed by atoms with Gasteiger partial charge in [-0.15, -0.1) is 6.58 Å². The molecule has 0 bridgehead atoms. The number of carbonyl (C=O) groups excluding carboxylic acids is 1. The molecule has 0 spiro atoms. The van der Waals surface area contributed by atoms with Crippen LogP contribution in [0.15, 0.2) is 12.2 Å². The fourth-order valence-electron chi connectivity index (χ4n) is 1.02. The van der Waals surface area contributed by atoms with Gasteiger partial charge in [0.05, 0.1) is 6.10 Å². The van der Waals surface area contributed by atoms with E-state index >= 15 is 0 Å². The Balaban J connectivity index is 3.38. The molecule has 0 aromatic carbocycles. The van der Waals surface area contributed by atoms with Crippen molar-refractivity contribution in [2.45, 2.75) is 45.6 Å². The first-order valence-electron chi connectivity index (χ1n) is 4.36. The number of hydrogen-bond acceptors (Lipinski definition) is 2. The molecule has 70 valence electrons. The number of allylic oxidation sites excluding steroid dienone is 1. The van der Waals surface area contributed by atoms with E-state index < -0.39 is 6.10 Å².